The number of carbonyl (C=O) groups is 1. The molecule has 2 N–H and O–H groups in total. The van der Waals surface area contributed by atoms with Crippen LogP contribution in [0.3, 0.4) is 0 Å². The molecule has 26 heavy (non-hydrogen) atoms. The fourth-order valence-corrected chi connectivity index (χ4v) is 3.13. The largest absolute Gasteiger partial charge is 0.383 e. The van der Waals surface area contributed by atoms with Gasteiger partial charge >= 0.3 is 0 Å². The van der Waals surface area contributed by atoms with Gasteiger partial charge in [-0.1, -0.05) is 17.7 Å². The van der Waals surface area contributed by atoms with Gasteiger partial charge in [0.25, 0.3) is 11.6 Å². The number of aryl methyl sites for hydroxylation is 1. The first-order valence-electron chi connectivity index (χ1n) is 7.76. The van der Waals surface area contributed by atoms with Crippen LogP contribution in [0.2, 0.25) is 0 Å². The zero-order valence-corrected chi connectivity index (χ0v) is 15.2. The molecule has 0 atom stereocenters. The lowest BCUT2D eigenvalue weighted by Gasteiger charge is -2.09. The zero-order chi connectivity index (χ0) is 19.3. The number of nitrogens with zero attached hydrogens (tertiary/aromatic N) is 1. The number of benzene rings is 2. The van der Waals surface area contributed by atoms with Gasteiger partial charge < -0.3 is 10.6 Å². The number of hydrogen-bond acceptors (Lipinski definition) is 6. The van der Waals surface area contributed by atoms with Crippen molar-refractivity contribution in [3.63, 3.8) is 0 Å². The average molecular weight is 377 g/mol. The SMILES string of the molecule is Cc1ccc(C(=O)NCCNc2ccc([N+](=O)[O-])c(S(C)(=O)=O)c2)cc1. The van der Waals surface area contributed by atoms with Gasteiger partial charge in [-0.3, -0.25) is 14.9 Å². The maximum absolute atomic E-state index is 12.0. The van der Waals surface area contributed by atoms with Crippen molar-refractivity contribution >= 4 is 27.1 Å². The monoisotopic (exact) mass is 377 g/mol. The van der Waals surface area contributed by atoms with E-state index in [-0.39, 0.29) is 10.8 Å². The van der Waals surface area contributed by atoms with Crippen molar-refractivity contribution in [1.29, 1.82) is 0 Å². The molecule has 9 heteroatoms. The second-order valence-corrected chi connectivity index (χ2v) is 7.74. The van der Waals surface area contributed by atoms with Gasteiger partial charge in [0, 0.05) is 36.7 Å². The summed E-state index contributed by atoms with van der Waals surface area (Å²) < 4.78 is 23.4. The highest BCUT2D eigenvalue weighted by Crippen LogP contribution is 2.26. The molecule has 1 amide bonds. The summed E-state index contributed by atoms with van der Waals surface area (Å²) >= 11 is 0. The molecule has 0 saturated carbocycles. The Balaban J connectivity index is 1.96. The summed E-state index contributed by atoms with van der Waals surface area (Å²) in [7, 11) is -3.74. The van der Waals surface area contributed by atoms with Crippen LogP contribution in [0.4, 0.5) is 11.4 Å². The van der Waals surface area contributed by atoms with E-state index in [1.807, 2.05) is 19.1 Å². The van der Waals surface area contributed by atoms with E-state index in [0.29, 0.717) is 24.3 Å². The molecule has 2 aromatic carbocycles. The summed E-state index contributed by atoms with van der Waals surface area (Å²) in [5.41, 5.74) is 1.56. The molecule has 0 aliphatic rings. The molecular formula is C17H19N3O5S. The number of hydrogen-bond donors (Lipinski definition) is 2. The Morgan fingerprint density at radius 1 is 1.12 bits per heavy atom. The Kier molecular flexibility index (Phi) is 5.93. The fraction of sp³-hybridized carbons (Fsp3) is 0.235. The molecule has 0 spiro atoms. The molecule has 0 heterocycles. The molecule has 2 aromatic rings. The molecule has 0 fully saturated rings. The number of carbonyl (C=O) groups excluding carboxylic acids is 1. The van der Waals surface area contributed by atoms with Crippen LogP contribution in [0.5, 0.6) is 0 Å². The standard InChI is InChI=1S/C17H19N3O5S/c1-12-3-5-13(6-4-12)17(21)19-10-9-18-14-7-8-15(20(22)23)16(11-14)26(2,24)25/h3-8,11,18H,9-10H2,1-2H3,(H,19,21). The van der Waals surface area contributed by atoms with Crippen LogP contribution in [-0.2, 0) is 9.84 Å². The maximum Gasteiger partial charge on any atom is 0.288 e. The highest BCUT2D eigenvalue weighted by Gasteiger charge is 2.22. The van der Waals surface area contributed by atoms with Crippen LogP contribution in [0.1, 0.15) is 15.9 Å². The van der Waals surface area contributed by atoms with Crippen molar-refractivity contribution in [3.05, 3.63) is 63.7 Å². The third-order valence-electron chi connectivity index (χ3n) is 3.61. The topological polar surface area (TPSA) is 118 Å². The number of nitrogens with one attached hydrogen (secondary N) is 2. The first kappa shape index (κ1) is 19.4. The van der Waals surface area contributed by atoms with E-state index in [9.17, 15) is 23.3 Å². The van der Waals surface area contributed by atoms with Gasteiger partial charge in [0.2, 0.25) is 0 Å². The minimum atomic E-state index is -3.74. The number of rotatable bonds is 7. The van der Waals surface area contributed by atoms with E-state index < -0.39 is 20.4 Å². The van der Waals surface area contributed by atoms with Gasteiger partial charge in [-0.2, -0.15) is 0 Å². The van der Waals surface area contributed by atoms with E-state index in [1.54, 1.807) is 12.1 Å². The molecule has 0 unspecified atom stereocenters. The Morgan fingerprint density at radius 3 is 2.35 bits per heavy atom. The fourth-order valence-electron chi connectivity index (χ4n) is 2.26. The van der Waals surface area contributed by atoms with Gasteiger partial charge in [-0.25, -0.2) is 8.42 Å². The lowest BCUT2D eigenvalue weighted by atomic mass is 10.1. The zero-order valence-electron chi connectivity index (χ0n) is 14.4. The van der Waals surface area contributed by atoms with Crippen molar-refractivity contribution in [1.82, 2.24) is 5.32 Å². The summed E-state index contributed by atoms with van der Waals surface area (Å²) in [5, 5.41) is 16.6. The number of amides is 1. The van der Waals surface area contributed by atoms with Crippen LogP contribution >= 0.6 is 0 Å². The summed E-state index contributed by atoms with van der Waals surface area (Å²) in [5.74, 6) is -0.215. The molecule has 2 rings (SSSR count). The minimum Gasteiger partial charge on any atom is -0.383 e. The van der Waals surface area contributed by atoms with Gasteiger partial charge in [0.1, 0.15) is 4.90 Å². The van der Waals surface area contributed by atoms with Gasteiger partial charge in [0.15, 0.2) is 9.84 Å². The van der Waals surface area contributed by atoms with Crippen molar-refractivity contribution in [2.24, 2.45) is 0 Å². The van der Waals surface area contributed by atoms with Crippen molar-refractivity contribution < 1.29 is 18.1 Å². The number of nitro groups is 1. The molecule has 138 valence electrons. The molecular weight excluding hydrogens is 358 g/mol. The Labute approximate surface area is 151 Å². The molecule has 8 nitrogen and oxygen atoms in total. The van der Waals surface area contributed by atoms with Crippen LogP contribution in [0.25, 0.3) is 0 Å². The molecule has 0 aliphatic carbocycles. The summed E-state index contributed by atoms with van der Waals surface area (Å²) in [6.45, 7) is 2.57. The number of anilines is 1. The van der Waals surface area contributed by atoms with Gasteiger partial charge in [-0.15, -0.1) is 0 Å². The Bertz CT molecular complexity index is 924. The van der Waals surface area contributed by atoms with Gasteiger partial charge in [0.05, 0.1) is 4.92 Å². The van der Waals surface area contributed by atoms with Crippen molar-refractivity contribution in [2.45, 2.75) is 11.8 Å². The number of sulfone groups is 1. The average Bonchev–Trinajstić information content (AvgIpc) is 2.58. The second-order valence-electron chi connectivity index (χ2n) is 5.76. The second kappa shape index (κ2) is 7.96. The lowest BCUT2D eigenvalue weighted by molar-refractivity contribution is -0.387. The van der Waals surface area contributed by atoms with E-state index in [0.717, 1.165) is 17.9 Å². The predicted molar refractivity (Wildman–Crippen MR) is 98.2 cm³/mol. The highest BCUT2D eigenvalue weighted by atomic mass is 32.2. The first-order chi connectivity index (χ1) is 12.2. The first-order valence-corrected chi connectivity index (χ1v) is 9.65. The predicted octanol–water partition coefficient (Wildman–Crippen LogP) is 2.15. The van der Waals surface area contributed by atoms with E-state index in [1.165, 1.54) is 12.1 Å². The molecule has 0 aromatic heterocycles. The van der Waals surface area contributed by atoms with Crippen LogP contribution < -0.4 is 10.6 Å². The minimum absolute atomic E-state index is 0.215. The highest BCUT2D eigenvalue weighted by molar-refractivity contribution is 7.90. The third kappa shape index (κ3) is 5.03. The van der Waals surface area contributed by atoms with E-state index >= 15 is 0 Å². The quantitative estimate of drug-likeness (QED) is 0.434. The summed E-state index contributed by atoms with van der Waals surface area (Å²) in [6.07, 6.45) is 0.918. The molecule has 0 bridgehead atoms. The Hall–Kier alpha value is -2.94. The number of nitro benzene ring substituents is 1. The van der Waals surface area contributed by atoms with Crippen molar-refractivity contribution in [2.75, 3.05) is 24.7 Å². The molecule has 0 saturated heterocycles. The molecule has 0 radical (unpaired) electrons. The Morgan fingerprint density at radius 2 is 1.77 bits per heavy atom. The normalized spacial score (nSPS) is 11.0. The van der Waals surface area contributed by atoms with Crippen LogP contribution in [0, 0.1) is 17.0 Å². The summed E-state index contributed by atoms with van der Waals surface area (Å²) in [4.78, 5) is 21.8. The van der Waals surface area contributed by atoms with E-state index in [2.05, 4.69) is 10.6 Å². The lowest BCUT2D eigenvalue weighted by Crippen LogP contribution is -2.28. The molecule has 0 aliphatic heterocycles. The third-order valence-corrected chi connectivity index (χ3v) is 4.74. The van der Waals surface area contributed by atoms with Crippen LogP contribution in [-0.4, -0.2) is 38.6 Å². The van der Waals surface area contributed by atoms with Crippen molar-refractivity contribution in [3.8, 4) is 0 Å². The van der Waals surface area contributed by atoms with Gasteiger partial charge in [-0.05, 0) is 31.2 Å². The van der Waals surface area contributed by atoms with Crippen LogP contribution in [0.15, 0.2) is 47.4 Å². The van der Waals surface area contributed by atoms with E-state index in [4.69, 9.17) is 0 Å². The maximum atomic E-state index is 12.0. The summed E-state index contributed by atoms with van der Waals surface area (Å²) in [6, 6.07) is 10.9. The smallest absolute Gasteiger partial charge is 0.288 e.